The van der Waals surface area contributed by atoms with E-state index in [0.29, 0.717) is 5.69 Å². The molecule has 0 saturated carbocycles. The molecule has 0 saturated heterocycles. The molecular formula is C19H24N2O3S. The van der Waals surface area contributed by atoms with Crippen LogP contribution in [-0.2, 0) is 14.8 Å². The Morgan fingerprint density at radius 2 is 1.52 bits per heavy atom. The number of sulfonamides is 1. The van der Waals surface area contributed by atoms with Crippen molar-refractivity contribution in [1.82, 2.24) is 0 Å². The molecule has 2 rings (SSSR count). The van der Waals surface area contributed by atoms with Gasteiger partial charge in [-0.05, 0) is 56.2 Å². The molecule has 0 aliphatic rings. The largest absolute Gasteiger partial charge is 0.326 e. The Hall–Kier alpha value is -2.34. The Morgan fingerprint density at radius 1 is 0.960 bits per heavy atom. The minimum atomic E-state index is -3.46. The minimum Gasteiger partial charge on any atom is -0.326 e. The maximum Gasteiger partial charge on any atom is 0.232 e. The van der Waals surface area contributed by atoms with E-state index in [1.54, 1.807) is 12.1 Å². The topological polar surface area (TPSA) is 66.5 Å². The summed E-state index contributed by atoms with van der Waals surface area (Å²) in [5, 5.41) is 2.83. The molecule has 25 heavy (non-hydrogen) atoms. The van der Waals surface area contributed by atoms with E-state index in [9.17, 15) is 13.2 Å². The normalized spacial score (nSPS) is 11.2. The molecular weight excluding hydrogens is 336 g/mol. The van der Waals surface area contributed by atoms with Crippen LogP contribution in [0.4, 0.5) is 11.4 Å². The minimum absolute atomic E-state index is 0.0773. The molecule has 0 unspecified atom stereocenters. The lowest BCUT2D eigenvalue weighted by atomic mass is 10.1. The summed E-state index contributed by atoms with van der Waals surface area (Å²) in [6.07, 6.45) is 1.22. The third-order valence-electron chi connectivity index (χ3n) is 3.77. The van der Waals surface area contributed by atoms with E-state index in [1.807, 2.05) is 51.1 Å². The van der Waals surface area contributed by atoms with E-state index in [4.69, 9.17) is 0 Å². The number of carbonyl (C=O) groups excluding carboxylic acids is 1. The van der Waals surface area contributed by atoms with Gasteiger partial charge in [0.2, 0.25) is 15.9 Å². The van der Waals surface area contributed by atoms with Gasteiger partial charge in [-0.2, -0.15) is 0 Å². The van der Waals surface area contributed by atoms with Crippen molar-refractivity contribution in [3.05, 3.63) is 59.2 Å². The van der Waals surface area contributed by atoms with Gasteiger partial charge in [0, 0.05) is 18.7 Å². The lowest BCUT2D eigenvalue weighted by molar-refractivity contribution is -0.116. The molecule has 0 aliphatic carbocycles. The highest BCUT2D eigenvalue weighted by Crippen LogP contribution is 2.19. The smallest absolute Gasteiger partial charge is 0.232 e. The molecule has 0 radical (unpaired) electrons. The Kier molecular flexibility index (Phi) is 5.85. The van der Waals surface area contributed by atoms with Gasteiger partial charge in [-0.25, -0.2) is 8.42 Å². The molecule has 0 aliphatic heterocycles. The van der Waals surface area contributed by atoms with Crippen molar-refractivity contribution >= 4 is 27.3 Å². The van der Waals surface area contributed by atoms with Crippen molar-refractivity contribution in [2.24, 2.45) is 0 Å². The predicted octanol–water partition coefficient (Wildman–Crippen LogP) is 3.41. The Bertz CT molecular complexity index is 838. The summed E-state index contributed by atoms with van der Waals surface area (Å²) in [7, 11) is -3.46. The summed E-state index contributed by atoms with van der Waals surface area (Å²) >= 11 is 0. The van der Waals surface area contributed by atoms with Gasteiger partial charge in [-0.3, -0.25) is 9.10 Å². The maximum atomic E-state index is 12.2. The van der Waals surface area contributed by atoms with Crippen LogP contribution < -0.4 is 9.62 Å². The molecule has 0 aromatic heterocycles. The molecule has 134 valence electrons. The SMILES string of the molecule is Cc1ccc(N(CCC(=O)Nc2cc(C)cc(C)c2)S(C)(=O)=O)cc1. The predicted molar refractivity (Wildman–Crippen MR) is 103 cm³/mol. The molecule has 6 heteroatoms. The number of hydrogen-bond acceptors (Lipinski definition) is 3. The number of aryl methyl sites for hydroxylation is 3. The number of anilines is 2. The standard InChI is InChI=1S/C19H24N2O3S/c1-14-5-7-18(8-6-14)21(25(4,23)24)10-9-19(22)20-17-12-15(2)11-16(3)13-17/h5-8,11-13H,9-10H2,1-4H3,(H,20,22). The van der Waals surface area contributed by atoms with Crippen LogP contribution in [0.5, 0.6) is 0 Å². The van der Waals surface area contributed by atoms with Crippen LogP contribution in [0.15, 0.2) is 42.5 Å². The fraction of sp³-hybridized carbons (Fsp3) is 0.316. The Labute approximate surface area is 149 Å². The van der Waals surface area contributed by atoms with Crippen LogP contribution in [0.3, 0.4) is 0 Å². The lowest BCUT2D eigenvalue weighted by Crippen LogP contribution is -2.33. The van der Waals surface area contributed by atoms with Crippen molar-refractivity contribution in [2.75, 3.05) is 22.4 Å². The van der Waals surface area contributed by atoms with Gasteiger partial charge >= 0.3 is 0 Å². The summed E-state index contributed by atoms with van der Waals surface area (Å²) in [5.74, 6) is -0.217. The quantitative estimate of drug-likeness (QED) is 0.858. The van der Waals surface area contributed by atoms with E-state index in [2.05, 4.69) is 5.32 Å². The van der Waals surface area contributed by atoms with Crippen LogP contribution in [-0.4, -0.2) is 27.1 Å². The first-order valence-corrected chi connectivity index (χ1v) is 9.92. The molecule has 0 spiro atoms. The summed E-state index contributed by atoms with van der Waals surface area (Å²) in [6, 6.07) is 13.0. The number of carbonyl (C=O) groups is 1. The van der Waals surface area contributed by atoms with Crippen LogP contribution in [0.1, 0.15) is 23.1 Å². The number of nitrogens with zero attached hydrogens (tertiary/aromatic N) is 1. The average molecular weight is 360 g/mol. The van der Waals surface area contributed by atoms with Gasteiger partial charge in [0.25, 0.3) is 0 Å². The third kappa shape index (κ3) is 5.60. The van der Waals surface area contributed by atoms with Gasteiger partial charge in [-0.1, -0.05) is 23.8 Å². The second-order valence-corrected chi connectivity index (χ2v) is 8.25. The summed E-state index contributed by atoms with van der Waals surface area (Å²) in [4.78, 5) is 12.2. The zero-order valence-electron chi connectivity index (χ0n) is 15.0. The highest BCUT2D eigenvalue weighted by Gasteiger charge is 2.18. The fourth-order valence-electron chi connectivity index (χ4n) is 2.67. The molecule has 2 aromatic carbocycles. The van der Waals surface area contributed by atoms with Gasteiger partial charge in [0.15, 0.2) is 0 Å². The second-order valence-electron chi connectivity index (χ2n) is 6.35. The van der Waals surface area contributed by atoms with Crippen molar-refractivity contribution in [1.29, 1.82) is 0 Å². The zero-order valence-corrected chi connectivity index (χ0v) is 15.9. The zero-order chi connectivity index (χ0) is 18.6. The van der Waals surface area contributed by atoms with Gasteiger partial charge in [0.05, 0.1) is 11.9 Å². The third-order valence-corrected chi connectivity index (χ3v) is 4.96. The summed E-state index contributed by atoms with van der Waals surface area (Å²) in [6.45, 7) is 5.96. The van der Waals surface area contributed by atoms with Crippen LogP contribution in [0, 0.1) is 20.8 Å². The van der Waals surface area contributed by atoms with Gasteiger partial charge in [0.1, 0.15) is 0 Å². The number of amides is 1. The second kappa shape index (κ2) is 7.70. The molecule has 5 nitrogen and oxygen atoms in total. The Morgan fingerprint density at radius 3 is 2.04 bits per heavy atom. The number of nitrogens with one attached hydrogen (secondary N) is 1. The highest BCUT2D eigenvalue weighted by molar-refractivity contribution is 7.92. The molecule has 0 heterocycles. The molecule has 0 atom stereocenters. The van der Waals surface area contributed by atoms with Crippen LogP contribution in [0.25, 0.3) is 0 Å². The van der Waals surface area contributed by atoms with E-state index < -0.39 is 10.0 Å². The monoisotopic (exact) mass is 360 g/mol. The van der Waals surface area contributed by atoms with Gasteiger partial charge < -0.3 is 5.32 Å². The summed E-state index contributed by atoms with van der Waals surface area (Å²) < 4.78 is 25.4. The van der Waals surface area contributed by atoms with E-state index in [0.717, 1.165) is 28.6 Å². The lowest BCUT2D eigenvalue weighted by Gasteiger charge is -2.22. The fourth-order valence-corrected chi connectivity index (χ4v) is 3.60. The van der Waals surface area contributed by atoms with Crippen molar-refractivity contribution in [3.8, 4) is 0 Å². The molecule has 1 amide bonds. The van der Waals surface area contributed by atoms with Crippen molar-refractivity contribution < 1.29 is 13.2 Å². The van der Waals surface area contributed by atoms with Crippen molar-refractivity contribution in [2.45, 2.75) is 27.2 Å². The van der Waals surface area contributed by atoms with E-state index in [1.165, 1.54) is 4.31 Å². The molecule has 1 N–H and O–H groups in total. The number of hydrogen-bond donors (Lipinski definition) is 1. The first-order valence-electron chi connectivity index (χ1n) is 8.08. The summed E-state index contributed by atoms with van der Waals surface area (Å²) in [5.41, 5.74) is 4.46. The van der Waals surface area contributed by atoms with Crippen LogP contribution >= 0.6 is 0 Å². The molecule has 0 bridgehead atoms. The van der Waals surface area contributed by atoms with Gasteiger partial charge in [-0.15, -0.1) is 0 Å². The Balaban J connectivity index is 2.07. The maximum absolute atomic E-state index is 12.2. The van der Waals surface area contributed by atoms with Crippen LogP contribution in [0.2, 0.25) is 0 Å². The van der Waals surface area contributed by atoms with E-state index in [-0.39, 0.29) is 18.9 Å². The first kappa shape index (κ1) is 19.0. The van der Waals surface area contributed by atoms with E-state index >= 15 is 0 Å². The highest BCUT2D eigenvalue weighted by atomic mass is 32.2. The number of benzene rings is 2. The molecule has 0 fully saturated rings. The average Bonchev–Trinajstić information content (AvgIpc) is 2.46. The number of rotatable bonds is 6. The molecule has 2 aromatic rings. The first-order chi connectivity index (χ1) is 11.6. The van der Waals surface area contributed by atoms with Crippen molar-refractivity contribution in [3.63, 3.8) is 0 Å².